The third-order valence-corrected chi connectivity index (χ3v) is 4.38. The lowest BCUT2D eigenvalue weighted by atomic mass is 9.97. The molecule has 1 aromatic carbocycles. The Balaban J connectivity index is 2.05. The van der Waals surface area contributed by atoms with Gasteiger partial charge in [0.05, 0.1) is 5.92 Å². The van der Waals surface area contributed by atoms with Crippen LogP contribution in [0.2, 0.25) is 0 Å². The van der Waals surface area contributed by atoms with Gasteiger partial charge in [0.2, 0.25) is 11.8 Å². The third kappa shape index (κ3) is 4.77. The number of amides is 2. The van der Waals surface area contributed by atoms with Gasteiger partial charge in [0.1, 0.15) is 0 Å². The molecule has 1 fully saturated rings. The molecule has 2 rings (SSSR count). The van der Waals surface area contributed by atoms with Gasteiger partial charge in [-0.1, -0.05) is 25.1 Å². The van der Waals surface area contributed by atoms with Gasteiger partial charge in [-0.3, -0.25) is 14.5 Å². The number of nitrogens with two attached hydrogens (primary N) is 2. The number of primary amides is 1. The number of carbonyl (C=O) groups excluding carboxylic acids is 2. The van der Waals surface area contributed by atoms with Crippen LogP contribution in [-0.2, 0) is 16.1 Å². The van der Waals surface area contributed by atoms with Crippen molar-refractivity contribution in [2.75, 3.05) is 25.0 Å². The van der Waals surface area contributed by atoms with Crippen molar-refractivity contribution >= 4 is 17.5 Å². The molecule has 1 aromatic rings. The Labute approximate surface area is 137 Å². The van der Waals surface area contributed by atoms with Crippen LogP contribution in [0.4, 0.5) is 5.69 Å². The molecule has 0 saturated carbocycles. The second-order valence-corrected chi connectivity index (χ2v) is 6.26. The standard InChI is InChI=1S/C17H26N4O2/c1-12(9-18)17(23)20-15-7-3-2-5-13(15)10-21-8-4-6-14(11-21)16(19)22/h2-3,5,7,12,14H,4,6,8-11,18H2,1H3,(H2,19,22)(H,20,23). The summed E-state index contributed by atoms with van der Waals surface area (Å²) < 4.78 is 0. The fourth-order valence-electron chi connectivity index (χ4n) is 2.82. The zero-order valence-electron chi connectivity index (χ0n) is 13.6. The van der Waals surface area contributed by atoms with Gasteiger partial charge in [-0.15, -0.1) is 0 Å². The number of likely N-dealkylation sites (tertiary alicyclic amines) is 1. The summed E-state index contributed by atoms with van der Waals surface area (Å²) in [5.41, 5.74) is 12.8. The van der Waals surface area contributed by atoms with E-state index in [0.29, 0.717) is 19.6 Å². The van der Waals surface area contributed by atoms with Crippen molar-refractivity contribution in [1.29, 1.82) is 0 Å². The zero-order chi connectivity index (χ0) is 16.8. The molecule has 6 heteroatoms. The first-order valence-corrected chi connectivity index (χ1v) is 8.11. The number of anilines is 1. The van der Waals surface area contributed by atoms with Gasteiger partial charge in [-0.25, -0.2) is 0 Å². The fraction of sp³-hybridized carbons (Fsp3) is 0.529. The Morgan fingerprint density at radius 3 is 2.83 bits per heavy atom. The summed E-state index contributed by atoms with van der Waals surface area (Å²) >= 11 is 0. The highest BCUT2D eigenvalue weighted by Gasteiger charge is 2.24. The quantitative estimate of drug-likeness (QED) is 0.726. The maximum Gasteiger partial charge on any atom is 0.228 e. The lowest BCUT2D eigenvalue weighted by Crippen LogP contribution is -2.40. The maximum atomic E-state index is 12.1. The molecular formula is C17H26N4O2. The topological polar surface area (TPSA) is 101 Å². The van der Waals surface area contributed by atoms with Gasteiger partial charge < -0.3 is 16.8 Å². The van der Waals surface area contributed by atoms with Gasteiger partial charge in [0.25, 0.3) is 0 Å². The Morgan fingerprint density at radius 1 is 1.39 bits per heavy atom. The van der Waals surface area contributed by atoms with E-state index in [0.717, 1.165) is 30.6 Å². The average Bonchev–Trinajstić information content (AvgIpc) is 2.56. The monoisotopic (exact) mass is 318 g/mol. The number of benzene rings is 1. The smallest absolute Gasteiger partial charge is 0.228 e. The first-order valence-electron chi connectivity index (χ1n) is 8.11. The van der Waals surface area contributed by atoms with Crippen LogP contribution < -0.4 is 16.8 Å². The van der Waals surface area contributed by atoms with Gasteiger partial charge in [0, 0.05) is 31.2 Å². The van der Waals surface area contributed by atoms with Crippen LogP contribution >= 0.6 is 0 Å². The van der Waals surface area contributed by atoms with Crippen molar-refractivity contribution in [3.8, 4) is 0 Å². The highest BCUT2D eigenvalue weighted by molar-refractivity contribution is 5.93. The van der Waals surface area contributed by atoms with Gasteiger partial charge >= 0.3 is 0 Å². The summed E-state index contributed by atoms with van der Waals surface area (Å²) in [4.78, 5) is 25.7. The maximum absolute atomic E-state index is 12.1. The molecule has 2 atom stereocenters. The van der Waals surface area contributed by atoms with Crippen LogP contribution in [0.3, 0.4) is 0 Å². The molecule has 0 aliphatic carbocycles. The Bertz CT molecular complexity index is 561. The van der Waals surface area contributed by atoms with Crippen molar-refractivity contribution in [3.63, 3.8) is 0 Å². The number of carbonyl (C=O) groups is 2. The van der Waals surface area contributed by atoms with Crippen molar-refractivity contribution in [2.24, 2.45) is 23.3 Å². The lowest BCUT2D eigenvalue weighted by molar-refractivity contribution is -0.123. The minimum atomic E-state index is -0.229. The van der Waals surface area contributed by atoms with E-state index in [2.05, 4.69) is 10.2 Å². The number of nitrogens with zero attached hydrogens (tertiary/aromatic N) is 1. The van der Waals surface area contributed by atoms with E-state index < -0.39 is 0 Å². The van der Waals surface area contributed by atoms with Crippen LogP contribution in [-0.4, -0.2) is 36.3 Å². The average molecular weight is 318 g/mol. The van der Waals surface area contributed by atoms with E-state index >= 15 is 0 Å². The number of nitrogens with one attached hydrogen (secondary N) is 1. The molecule has 1 aliphatic heterocycles. The summed E-state index contributed by atoms with van der Waals surface area (Å²) in [6.45, 7) is 4.43. The normalized spacial score (nSPS) is 20.0. The predicted molar refractivity (Wildman–Crippen MR) is 90.5 cm³/mol. The first-order chi connectivity index (χ1) is 11.0. The molecule has 0 spiro atoms. The van der Waals surface area contributed by atoms with Crippen molar-refractivity contribution in [2.45, 2.75) is 26.3 Å². The number of para-hydroxylation sites is 1. The molecule has 5 N–H and O–H groups in total. The summed E-state index contributed by atoms with van der Waals surface area (Å²) in [5, 5.41) is 2.95. The minimum absolute atomic E-state index is 0.0754. The Kier molecular flexibility index (Phi) is 6.12. The molecule has 1 aliphatic rings. The minimum Gasteiger partial charge on any atom is -0.369 e. The van der Waals surface area contributed by atoms with Gasteiger partial charge in [-0.2, -0.15) is 0 Å². The lowest BCUT2D eigenvalue weighted by Gasteiger charge is -2.31. The number of rotatable bonds is 6. The van der Waals surface area contributed by atoms with Gasteiger partial charge in [-0.05, 0) is 31.0 Å². The highest BCUT2D eigenvalue weighted by atomic mass is 16.2. The Hall–Kier alpha value is -1.92. The molecule has 126 valence electrons. The molecule has 6 nitrogen and oxygen atoms in total. The molecule has 2 amide bonds. The van der Waals surface area contributed by atoms with Crippen LogP contribution in [0, 0.1) is 11.8 Å². The number of hydrogen-bond donors (Lipinski definition) is 3. The van der Waals surface area contributed by atoms with Crippen molar-refractivity contribution in [3.05, 3.63) is 29.8 Å². The molecule has 0 aromatic heterocycles. The molecular weight excluding hydrogens is 292 g/mol. The van der Waals surface area contributed by atoms with Gasteiger partial charge in [0.15, 0.2) is 0 Å². The van der Waals surface area contributed by atoms with E-state index in [-0.39, 0.29) is 23.7 Å². The van der Waals surface area contributed by atoms with Crippen molar-refractivity contribution in [1.82, 2.24) is 4.90 Å². The summed E-state index contributed by atoms with van der Waals surface area (Å²) in [5.74, 6) is -0.610. The number of piperidine rings is 1. The van der Waals surface area contributed by atoms with Crippen molar-refractivity contribution < 1.29 is 9.59 Å². The molecule has 0 radical (unpaired) electrons. The molecule has 23 heavy (non-hydrogen) atoms. The molecule has 0 bridgehead atoms. The third-order valence-electron chi connectivity index (χ3n) is 4.38. The van der Waals surface area contributed by atoms with Crippen LogP contribution in [0.5, 0.6) is 0 Å². The zero-order valence-corrected chi connectivity index (χ0v) is 13.6. The van der Waals surface area contributed by atoms with E-state index in [1.54, 1.807) is 6.92 Å². The Morgan fingerprint density at radius 2 is 2.13 bits per heavy atom. The predicted octanol–water partition coefficient (Wildman–Crippen LogP) is 0.917. The summed E-state index contributed by atoms with van der Waals surface area (Å²) in [7, 11) is 0. The summed E-state index contributed by atoms with van der Waals surface area (Å²) in [6.07, 6.45) is 1.82. The molecule has 2 unspecified atom stereocenters. The van der Waals surface area contributed by atoms with Crippen LogP contribution in [0.25, 0.3) is 0 Å². The molecule has 1 heterocycles. The van der Waals surface area contributed by atoms with Crippen LogP contribution in [0.1, 0.15) is 25.3 Å². The molecule has 1 saturated heterocycles. The second-order valence-electron chi connectivity index (χ2n) is 6.26. The first kappa shape index (κ1) is 17.4. The van der Waals surface area contributed by atoms with E-state index in [9.17, 15) is 9.59 Å². The van der Waals surface area contributed by atoms with E-state index in [1.165, 1.54) is 0 Å². The highest BCUT2D eigenvalue weighted by Crippen LogP contribution is 2.22. The largest absolute Gasteiger partial charge is 0.369 e. The van der Waals surface area contributed by atoms with E-state index in [1.807, 2.05) is 24.3 Å². The fourth-order valence-corrected chi connectivity index (χ4v) is 2.82. The van der Waals surface area contributed by atoms with E-state index in [4.69, 9.17) is 11.5 Å². The SMILES string of the molecule is CC(CN)C(=O)Nc1ccccc1CN1CCCC(C(N)=O)C1. The second kappa shape index (κ2) is 8.08. The number of hydrogen-bond acceptors (Lipinski definition) is 4. The van der Waals surface area contributed by atoms with Crippen LogP contribution in [0.15, 0.2) is 24.3 Å². The summed E-state index contributed by atoms with van der Waals surface area (Å²) in [6, 6.07) is 7.74.